The first kappa shape index (κ1) is 13.5. The third-order valence-corrected chi connectivity index (χ3v) is 2.34. The number of hydrogen-bond donors (Lipinski definition) is 2. The van der Waals surface area contributed by atoms with Crippen molar-refractivity contribution in [2.45, 2.75) is 12.8 Å². The van der Waals surface area contributed by atoms with Crippen LogP contribution >= 0.6 is 0 Å². The minimum atomic E-state index is 0.487. The molecule has 0 amide bonds. The zero-order valence-electron chi connectivity index (χ0n) is 10.7. The second-order valence-corrected chi connectivity index (χ2v) is 4.27. The molecule has 0 bridgehead atoms. The SMILES string of the molecule is CN(C)CCCCN=C(N)Nc1ccccc1. The van der Waals surface area contributed by atoms with Gasteiger partial charge >= 0.3 is 0 Å². The number of para-hydroxylation sites is 1. The molecule has 0 spiro atoms. The molecule has 1 aromatic rings. The molecular formula is C13H22N4. The van der Waals surface area contributed by atoms with Gasteiger partial charge in [0.1, 0.15) is 0 Å². The van der Waals surface area contributed by atoms with Gasteiger partial charge in [0.15, 0.2) is 5.96 Å². The second-order valence-electron chi connectivity index (χ2n) is 4.27. The van der Waals surface area contributed by atoms with E-state index in [0.29, 0.717) is 5.96 Å². The van der Waals surface area contributed by atoms with E-state index in [1.807, 2.05) is 30.3 Å². The van der Waals surface area contributed by atoms with E-state index >= 15 is 0 Å². The summed E-state index contributed by atoms with van der Waals surface area (Å²) in [6, 6.07) is 9.84. The Balaban J connectivity index is 2.21. The summed E-state index contributed by atoms with van der Waals surface area (Å²) in [5.74, 6) is 0.487. The fraction of sp³-hybridized carbons (Fsp3) is 0.462. The monoisotopic (exact) mass is 234 g/mol. The first-order chi connectivity index (χ1) is 8.18. The molecule has 4 nitrogen and oxygen atoms in total. The van der Waals surface area contributed by atoms with E-state index in [-0.39, 0.29) is 0 Å². The summed E-state index contributed by atoms with van der Waals surface area (Å²) in [6.07, 6.45) is 2.21. The Hall–Kier alpha value is -1.55. The summed E-state index contributed by atoms with van der Waals surface area (Å²) in [5, 5.41) is 3.06. The molecule has 0 atom stereocenters. The van der Waals surface area contributed by atoms with E-state index in [1.165, 1.54) is 0 Å². The lowest BCUT2D eigenvalue weighted by Crippen LogP contribution is -2.22. The highest BCUT2D eigenvalue weighted by atomic mass is 15.1. The molecule has 4 heteroatoms. The summed E-state index contributed by atoms with van der Waals surface area (Å²) in [7, 11) is 4.16. The molecule has 1 aromatic carbocycles. The first-order valence-electron chi connectivity index (χ1n) is 5.95. The largest absolute Gasteiger partial charge is 0.370 e. The predicted molar refractivity (Wildman–Crippen MR) is 74.3 cm³/mol. The number of unbranched alkanes of at least 4 members (excludes halogenated alkanes) is 1. The van der Waals surface area contributed by atoms with Gasteiger partial charge in [-0.3, -0.25) is 4.99 Å². The van der Waals surface area contributed by atoms with Gasteiger partial charge in [-0.1, -0.05) is 18.2 Å². The van der Waals surface area contributed by atoms with Crippen LogP contribution in [0.3, 0.4) is 0 Å². The quantitative estimate of drug-likeness (QED) is 0.448. The van der Waals surface area contributed by atoms with E-state index in [4.69, 9.17) is 5.73 Å². The van der Waals surface area contributed by atoms with Gasteiger partial charge in [-0.05, 0) is 45.6 Å². The highest BCUT2D eigenvalue weighted by molar-refractivity contribution is 5.92. The lowest BCUT2D eigenvalue weighted by molar-refractivity contribution is 0.396. The number of hydrogen-bond acceptors (Lipinski definition) is 2. The van der Waals surface area contributed by atoms with Crippen LogP contribution in [0.2, 0.25) is 0 Å². The number of anilines is 1. The molecular weight excluding hydrogens is 212 g/mol. The van der Waals surface area contributed by atoms with Crippen LogP contribution in [-0.2, 0) is 0 Å². The van der Waals surface area contributed by atoms with Crippen LogP contribution in [0.15, 0.2) is 35.3 Å². The average molecular weight is 234 g/mol. The Kier molecular flexibility index (Phi) is 6.10. The first-order valence-corrected chi connectivity index (χ1v) is 5.95. The molecule has 3 N–H and O–H groups in total. The molecule has 0 aliphatic rings. The molecule has 17 heavy (non-hydrogen) atoms. The number of rotatable bonds is 6. The lowest BCUT2D eigenvalue weighted by atomic mass is 10.3. The predicted octanol–water partition coefficient (Wildman–Crippen LogP) is 1.75. The van der Waals surface area contributed by atoms with Gasteiger partial charge in [0.05, 0.1) is 0 Å². The average Bonchev–Trinajstić information content (AvgIpc) is 2.29. The molecule has 0 aliphatic carbocycles. The summed E-state index contributed by atoms with van der Waals surface area (Å²) in [6.45, 7) is 1.88. The minimum absolute atomic E-state index is 0.487. The maximum Gasteiger partial charge on any atom is 0.193 e. The molecule has 0 radical (unpaired) electrons. The van der Waals surface area contributed by atoms with Crippen LogP contribution in [0.5, 0.6) is 0 Å². The normalized spacial score (nSPS) is 11.8. The van der Waals surface area contributed by atoms with Gasteiger partial charge < -0.3 is 16.0 Å². The van der Waals surface area contributed by atoms with Crippen molar-refractivity contribution in [3.05, 3.63) is 30.3 Å². The van der Waals surface area contributed by atoms with Crippen LogP contribution < -0.4 is 11.1 Å². The molecule has 1 rings (SSSR count). The molecule has 0 saturated carbocycles. The Labute approximate surface area is 104 Å². The fourth-order valence-corrected chi connectivity index (χ4v) is 1.45. The van der Waals surface area contributed by atoms with Gasteiger partial charge in [-0.15, -0.1) is 0 Å². The minimum Gasteiger partial charge on any atom is -0.370 e. The maximum absolute atomic E-state index is 5.78. The van der Waals surface area contributed by atoms with Gasteiger partial charge in [0.25, 0.3) is 0 Å². The highest BCUT2D eigenvalue weighted by Gasteiger charge is 1.94. The van der Waals surface area contributed by atoms with E-state index in [0.717, 1.165) is 31.6 Å². The number of nitrogens with zero attached hydrogens (tertiary/aromatic N) is 2. The van der Waals surface area contributed by atoms with E-state index in [2.05, 4.69) is 29.3 Å². The van der Waals surface area contributed by atoms with Crippen LogP contribution in [0.4, 0.5) is 5.69 Å². The number of nitrogens with one attached hydrogen (secondary N) is 1. The van der Waals surface area contributed by atoms with Gasteiger partial charge in [0.2, 0.25) is 0 Å². The smallest absolute Gasteiger partial charge is 0.193 e. The molecule has 0 aliphatic heterocycles. The summed E-state index contributed by atoms with van der Waals surface area (Å²) in [5.41, 5.74) is 6.75. The van der Waals surface area contributed by atoms with Crippen LogP contribution in [0.25, 0.3) is 0 Å². The number of benzene rings is 1. The van der Waals surface area contributed by atoms with Crippen molar-refractivity contribution < 1.29 is 0 Å². The van der Waals surface area contributed by atoms with Crippen molar-refractivity contribution in [1.82, 2.24) is 4.90 Å². The van der Waals surface area contributed by atoms with E-state index in [9.17, 15) is 0 Å². The highest BCUT2D eigenvalue weighted by Crippen LogP contribution is 2.03. The van der Waals surface area contributed by atoms with Gasteiger partial charge in [0, 0.05) is 12.2 Å². The zero-order chi connectivity index (χ0) is 12.5. The third-order valence-electron chi connectivity index (χ3n) is 2.34. The van der Waals surface area contributed by atoms with E-state index in [1.54, 1.807) is 0 Å². The molecule has 0 aromatic heterocycles. The zero-order valence-corrected chi connectivity index (χ0v) is 10.7. The Morgan fingerprint density at radius 3 is 2.59 bits per heavy atom. The standard InChI is InChI=1S/C13H22N4/c1-17(2)11-7-6-10-15-13(14)16-12-8-4-3-5-9-12/h3-5,8-9H,6-7,10-11H2,1-2H3,(H3,14,15,16). The number of nitrogens with two attached hydrogens (primary N) is 1. The van der Waals surface area contributed by atoms with Crippen molar-refractivity contribution in [3.8, 4) is 0 Å². The maximum atomic E-state index is 5.78. The molecule has 94 valence electrons. The number of aliphatic imine (C=N–C) groups is 1. The molecule has 0 fully saturated rings. The van der Waals surface area contributed by atoms with Crippen molar-refractivity contribution in [2.75, 3.05) is 32.5 Å². The van der Waals surface area contributed by atoms with Crippen molar-refractivity contribution >= 4 is 11.6 Å². The topological polar surface area (TPSA) is 53.6 Å². The van der Waals surface area contributed by atoms with E-state index < -0.39 is 0 Å². The van der Waals surface area contributed by atoms with Crippen LogP contribution in [0, 0.1) is 0 Å². The summed E-state index contributed by atoms with van der Waals surface area (Å²) in [4.78, 5) is 6.46. The van der Waals surface area contributed by atoms with Crippen LogP contribution in [-0.4, -0.2) is 38.0 Å². The Morgan fingerprint density at radius 1 is 1.24 bits per heavy atom. The van der Waals surface area contributed by atoms with Crippen molar-refractivity contribution in [1.29, 1.82) is 0 Å². The van der Waals surface area contributed by atoms with Crippen molar-refractivity contribution in [3.63, 3.8) is 0 Å². The lowest BCUT2D eigenvalue weighted by Gasteiger charge is -2.08. The molecule has 0 saturated heterocycles. The second kappa shape index (κ2) is 7.68. The summed E-state index contributed by atoms with van der Waals surface area (Å²) < 4.78 is 0. The Bertz CT molecular complexity index is 333. The van der Waals surface area contributed by atoms with Crippen LogP contribution in [0.1, 0.15) is 12.8 Å². The van der Waals surface area contributed by atoms with Crippen molar-refractivity contribution in [2.24, 2.45) is 10.7 Å². The fourth-order valence-electron chi connectivity index (χ4n) is 1.45. The molecule has 0 unspecified atom stereocenters. The van der Waals surface area contributed by atoms with Gasteiger partial charge in [-0.25, -0.2) is 0 Å². The number of guanidine groups is 1. The summed E-state index contributed by atoms with van der Waals surface area (Å²) >= 11 is 0. The Morgan fingerprint density at radius 2 is 1.94 bits per heavy atom. The molecule has 0 heterocycles. The third kappa shape index (κ3) is 6.58. The van der Waals surface area contributed by atoms with Gasteiger partial charge in [-0.2, -0.15) is 0 Å².